The van der Waals surface area contributed by atoms with Crippen LogP contribution < -0.4 is 5.73 Å². The van der Waals surface area contributed by atoms with Crippen LogP contribution in [-0.2, 0) is 5.54 Å². The average Bonchev–Trinajstić information content (AvgIpc) is 2.32. The summed E-state index contributed by atoms with van der Waals surface area (Å²) in [5.74, 6) is -1.94. The Morgan fingerprint density at radius 3 is 2.05 bits per heavy atom. The van der Waals surface area contributed by atoms with Crippen molar-refractivity contribution in [2.45, 2.75) is 19.4 Å². The fourth-order valence-corrected chi connectivity index (χ4v) is 2.05. The Morgan fingerprint density at radius 2 is 1.53 bits per heavy atom. The first-order chi connectivity index (χ1) is 8.84. The quantitative estimate of drug-likeness (QED) is 0.881. The van der Waals surface area contributed by atoms with Crippen molar-refractivity contribution in [3.05, 3.63) is 70.5 Å². The van der Waals surface area contributed by atoms with Crippen molar-refractivity contribution in [3.63, 3.8) is 0 Å². The van der Waals surface area contributed by atoms with Gasteiger partial charge in [-0.15, -0.1) is 0 Å². The minimum absolute atomic E-state index is 0.266. The summed E-state index contributed by atoms with van der Waals surface area (Å²) in [5, 5.41) is 0. The summed E-state index contributed by atoms with van der Waals surface area (Å²) in [6.07, 6.45) is 0. The molecule has 0 aliphatic carbocycles. The maximum atomic E-state index is 13.8. The van der Waals surface area contributed by atoms with Crippen molar-refractivity contribution >= 4 is 0 Å². The second-order valence-electron chi connectivity index (χ2n) is 4.76. The first kappa shape index (κ1) is 13.6. The van der Waals surface area contributed by atoms with Crippen LogP contribution in [-0.4, -0.2) is 0 Å². The molecular weight excluding hydrogens is 251 g/mol. The Hall–Kier alpha value is -1.81. The van der Waals surface area contributed by atoms with Crippen molar-refractivity contribution in [2.75, 3.05) is 0 Å². The molecule has 19 heavy (non-hydrogen) atoms. The first-order valence-corrected chi connectivity index (χ1v) is 5.84. The maximum Gasteiger partial charge on any atom is 0.131 e. The second-order valence-corrected chi connectivity index (χ2v) is 4.76. The lowest BCUT2D eigenvalue weighted by Crippen LogP contribution is -2.36. The lowest BCUT2D eigenvalue weighted by Gasteiger charge is -2.27. The van der Waals surface area contributed by atoms with Crippen LogP contribution in [0, 0.1) is 24.4 Å². The van der Waals surface area contributed by atoms with Gasteiger partial charge in [-0.3, -0.25) is 0 Å². The van der Waals surface area contributed by atoms with E-state index in [1.165, 1.54) is 25.1 Å². The summed E-state index contributed by atoms with van der Waals surface area (Å²) in [6, 6.07) is 7.85. The van der Waals surface area contributed by atoms with Gasteiger partial charge in [0.05, 0.1) is 5.54 Å². The van der Waals surface area contributed by atoms with E-state index in [1.54, 1.807) is 13.0 Å². The molecule has 4 heteroatoms. The van der Waals surface area contributed by atoms with Gasteiger partial charge in [-0.2, -0.15) is 0 Å². The van der Waals surface area contributed by atoms with Gasteiger partial charge in [-0.25, -0.2) is 13.2 Å². The SMILES string of the molecule is Cc1ccc(C(C)(N)c2c(F)cccc2F)cc1F. The van der Waals surface area contributed by atoms with Crippen LogP contribution in [0.15, 0.2) is 36.4 Å². The highest BCUT2D eigenvalue weighted by Gasteiger charge is 2.30. The lowest BCUT2D eigenvalue weighted by molar-refractivity contribution is 0.479. The van der Waals surface area contributed by atoms with Crippen LogP contribution in [0.2, 0.25) is 0 Å². The molecule has 0 heterocycles. The van der Waals surface area contributed by atoms with Crippen molar-refractivity contribution in [1.29, 1.82) is 0 Å². The Labute approximate surface area is 109 Å². The van der Waals surface area contributed by atoms with E-state index >= 15 is 0 Å². The lowest BCUT2D eigenvalue weighted by atomic mass is 9.84. The van der Waals surface area contributed by atoms with Crippen molar-refractivity contribution < 1.29 is 13.2 Å². The molecular formula is C15H14F3N. The van der Waals surface area contributed by atoms with Crippen molar-refractivity contribution in [1.82, 2.24) is 0 Å². The summed E-state index contributed by atoms with van der Waals surface area (Å²) < 4.78 is 41.2. The average molecular weight is 265 g/mol. The number of rotatable bonds is 2. The molecule has 2 N–H and O–H groups in total. The molecule has 2 aromatic rings. The van der Waals surface area contributed by atoms with Gasteiger partial charge in [0, 0.05) is 5.56 Å². The molecule has 0 radical (unpaired) electrons. The third kappa shape index (κ3) is 2.36. The molecule has 2 aromatic carbocycles. The summed E-state index contributed by atoms with van der Waals surface area (Å²) in [7, 11) is 0. The van der Waals surface area contributed by atoms with Crippen LogP contribution in [0.1, 0.15) is 23.6 Å². The van der Waals surface area contributed by atoms with E-state index in [1.807, 2.05) is 0 Å². The molecule has 1 nitrogen and oxygen atoms in total. The summed E-state index contributed by atoms with van der Waals surface area (Å²) >= 11 is 0. The topological polar surface area (TPSA) is 26.0 Å². The largest absolute Gasteiger partial charge is 0.318 e. The van der Waals surface area contributed by atoms with Gasteiger partial charge in [-0.05, 0) is 43.2 Å². The highest BCUT2D eigenvalue weighted by atomic mass is 19.1. The molecule has 1 unspecified atom stereocenters. The smallest absolute Gasteiger partial charge is 0.131 e. The van der Waals surface area contributed by atoms with E-state index < -0.39 is 23.0 Å². The molecule has 0 aliphatic heterocycles. The summed E-state index contributed by atoms with van der Waals surface area (Å²) in [4.78, 5) is 0. The predicted octanol–water partition coefficient (Wildman–Crippen LogP) is 3.63. The molecule has 2 rings (SSSR count). The standard InChI is InChI=1S/C15H14F3N/c1-9-6-7-10(8-13(9)18)15(2,19)14-11(16)4-3-5-12(14)17/h3-8H,19H2,1-2H3. The van der Waals surface area contributed by atoms with Crippen LogP contribution in [0.5, 0.6) is 0 Å². The Bertz CT molecular complexity index is 601. The number of benzene rings is 2. The molecule has 0 aromatic heterocycles. The van der Waals surface area contributed by atoms with E-state index in [2.05, 4.69) is 0 Å². The number of hydrogen-bond acceptors (Lipinski definition) is 1. The Morgan fingerprint density at radius 1 is 0.947 bits per heavy atom. The number of aryl methyl sites for hydroxylation is 1. The number of halogens is 3. The van der Waals surface area contributed by atoms with E-state index in [9.17, 15) is 13.2 Å². The van der Waals surface area contributed by atoms with Gasteiger partial charge >= 0.3 is 0 Å². The van der Waals surface area contributed by atoms with Gasteiger partial charge in [0.2, 0.25) is 0 Å². The molecule has 0 amide bonds. The molecule has 0 saturated heterocycles. The van der Waals surface area contributed by atoms with E-state index in [0.717, 1.165) is 12.1 Å². The minimum atomic E-state index is -1.44. The van der Waals surface area contributed by atoms with Gasteiger partial charge in [0.15, 0.2) is 0 Å². The fraction of sp³-hybridized carbons (Fsp3) is 0.200. The number of hydrogen-bond donors (Lipinski definition) is 1. The van der Waals surface area contributed by atoms with Crippen LogP contribution in [0.4, 0.5) is 13.2 Å². The van der Waals surface area contributed by atoms with Gasteiger partial charge in [0.25, 0.3) is 0 Å². The highest BCUT2D eigenvalue weighted by molar-refractivity contribution is 5.40. The molecule has 1 atom stereocenters. The van der Waals surface area contributed by atoms with E-state index in [0.29, 0.717) is 11.1 Å². The van der Waals surface area contributed by atoms with Gasteiger partial charge in [-0.1, -0.05) is 18.2 Å². The normalized spacial score (nSPS) is 14.2. The Balaban J connectivity index is 2.61. The summed E-state index contributed by atoms with van der Waals surface area (Å²) in [5.41, 5.74) is 5.10. The summed E-state index contributed by atoms with van der Waals surface area (Å²) in [6.45, 7) is 3.06. The molecule has 0 bridgehead atoms. The maximum absolute atomic E-state index is 13.8. The van der Waals surface area contributed by atoms with E-state index in [4.69, 9.17) is 5.73 Å². The number of nitrogens with two attached hydrogens (primary N) is 1. The molecule has 0 aliphatic rings. The van der Waals surface area contributed by atoms with E-state index in [-0.39, 0.29) is 5.56 Å². The zero-order chi connectivity index (χ0) is 14.2. The van der Waals surface area contributed by atoms with Crippen molar-refractivity contribution in [2.24, 2.45) is 5.73 Å². The van der Waals surface area contributed by atoms with Gasteiger partial charge in [0.1, 0.15) is 17.5 Å². The minimum Gasteiger partial charge on any atom is -0.318 e. The first-order valence-electron chi connectivity index (χ1n) is 5.84. The Kier molecular flexibility index (Phi) is 3.37. The zero-order valence-electron chi connectivity index (χ0n) is 10.7. The predicted molar refractivity (Wildman–Crippen MR) is 68.1 cm³/mol. The molecule has 0 fully saturated rings. The van der Waals surface area contributed by atoms with Crippen LogP contribution in [0.25, 0.3) is 0 Å². The third-order valence-electron chi connectivity index (χ3n) is 3.25. The zero-order valence-corrected chi connectivity index (χ0v) is 10.7. The van der Waals surface area contributed by atoms with Crippen LogP contribution >= 0.6 is 0 Å². The fourth-order valence-electron chi connectivity index (χ4n) is 2.05. The molecule has 0 spiro atoms. The molecule has 100 valence electrons. The highest BCUT2D eigenvalue weighted by Crippen LogP contribution is 2.31. The monoisotopic (exact) mass is 265 g/mol. The third-order valence-corrected chi connectivity index (χ3v) is 3.25. The molecule has 0 saturated carbocycles. The van der Waals surface area contributed by atoms with Gasteiger partial charge < -0.3 is 5.73 Å². The van der Waals surface area contributed by atoms with Crippen LogP contribution in [0.3, 0.4) is 0 Å². The second kappa shape index (κ2) is 4.70. The van der Waals surface area contributed by atoms with Crippen molar-refractivity contribution in [3.8, 4) is 0 Å².